The predicted molar refractivity (Wildman–Crippen MR) is 84.6 cm³/mol. The molecule has 2 heterocycles. The van der Waals surface area contributed by atoms with Crippen molar-refractivity contribution < 1.29 is 19.4 Å². The van der Waals surface area contributed by atoms with E-state index in [-0.39, 0.29) is 17.6 Å². The van der Waals surface area contributed by atoms with Crippen molar-refractivity contribution in [1.82, 2.24) is 5.32 Å². The molecule has 2 bridgehead atoms. The number of nitrogens with one attached hydrogen (secondary N) is 1. The number of aromatic carboxylic acids is 1. The topological polar surface area (TPSA) is 81.7 Å². The Hall–Kier alpha value is -3.02. The summed E-state index contributed by atoms with van der Waals surface area (Å²) in [6.45, 7) is 1.83. The molecule has 1 fully saturated rings. The largest absolute Gasteiger partial charge is 0.545 e. The first-order valence-electron chi connectivity index (χ1n) is 7.68. The lowest BCUT2D eigenvalue weighted by Crippen LogP contribution is -2.65. The Labute approximate surface area is 138 Å². The third-order valence-corrected chi connectivity index (χ3v) is 4.52. The molecular weight excluding hydrogens is 308 g/mol. The third kappa shape index (κ3) is 2.11. The van der Waals surface area contributed by atoms with Crippen molar-refractivity contribution in [2.24, 2.45) is 0 Å². The number of carboxylic acid groups (broad SMARTS) is 1. The lowest BCUT2D eigenvalue weighted by molar-refractivity contribution is -0.255. The van der Waals surface area contributed by atoms with Crippen LogP contribution in [0.5, 0.6) is 5.75 Å². The smallest absolute Gasteiger partial charge is 0.325 e. The molecule has 0 unspecified atom stereocenters. The fourth-order valence-corrected chi connectivity index (χ4v) is 3.49. The number of carbonyl (C=O) groups is 2. The SMILES string of the molecule is C[C@@]12C[C@@H](NC(=O)N1c1cccc(C(=O)[O-])c1)c1ccccc1O2. The normalized spacial score (nSPS) is 24.6. The molecule has 0 spiro atoms. The Bertz CT molecular complexity index is 850. The summed E-state index contributed by atoms with van der Waals surface area (Å²) in [6, 6.07) is 13.3. The predicted octanol–water partition coefficient (Wildman–Crippen LogP) is 1.82. The van der Waals surface area contributed by atoms with Gasteiger partial charge in [-0.1, -0.05) is 30.3 Å². The van der Waals surface area contributed by atoms with Crippen LogP contribution >= 0.6 is 0 Å². The number of para-hydroxylation sites is 1. The fourth-order valence-electron chi connectivity index (χ4n) is 3.49. The molecule has 2 atom stereocenters. The summed E-state index contributed by atoms with van der Waals surface area (Å²) in [5.74, 6) is -0.565. The quantitative estimate of drug-likeness (QED) is 0.914. The Balaban J connectivity index is 1.79. The molecule has 1 N–H and O–H groups in total. The third-order valence-electron chi connectivity index (χ3n) is 4.52. The average Bonchev–Trinajstić information content (AvgIpc) is 2.54. The summed E-state index contributed by atoms with van der Waals surface area (Å²) < 4.78 is 6.13. The van der Waals surface area contributed by atoms with Crippen LogP contribution in [-0.2, 0) is 0 Å². The van der Waals surface area contributed by atoms with Gasteiger partial charge >= 0.3 is 6.03 Å². The number of nitrogens with zero attached hydrogens (tertiary/aromatic N) is 1. The summed E-state index contributed by atoms with van der Waals surface area (Å²) in [4.78, 5) is 25.3. The highest BCUT2D eigenvalue weighted by Gasteiger charge is 2.49. The monoisotopic (exact) mass is 323 g/mol. The zero-order chi connectivity index (χ0) is 16.9. The first kappa shape index (κ1) is 14.6. The van der Waals surface area contributed by atoms with Gasteiger partial charge in [0, 0.05) is 12.0 Å². The maximum atomic E-state index is 12.7. The van der Waals surface area contributed by atoms with E-state index in [4.69, 9.17) is 4.74 Å². The van der Waals surface area contributed by atoms with Crippen LogP contribution in [0.1, 0.15) is 35.3 Å². The maximum absolute atomic E-state index is 12.7. The van der Waals surface area contributed by atoms with E-state index in [1.54, 1.807) is 12.1 Å². The first-order valence-corrected chi connectivity index (χ1v) is 7.68. The number of carboxylic acids is 1. The number of ether oxygens (including phenoxy) is 1. The van der Waals surface area contributed by atoms with E-state index in [2.05, 4.69) is 5.32 Å². The van der Waals surface area contributed by atoms with Crippen LogP contribution in [0, 0.1) is 0 Å². The number of fused-ring (bicyclic) bond motifs is 4. The fraction of sp³-hybridized carbons (Fsp3) is 0.222. The van der Waals surface area contributed by atoms with Crippen LogP contribution in [0.3, 0.4) is 0 Å². The van der Waals surface area contributed by atoms with Gasteiger partial charge in [0.15, 0.2) is 5.72 Å². The number of hydrogen-bond donors (Lipinski definition) is 1. The second kappa shape index (κ2) is 4.99. The number of urea groups is 1. The maximum Gasteiger partial charge on any atom is 0.325 e. The summed E-state index contributed by atoms with van der Waals surface area (Å²) in [7, 11) is 0. The van der Waals surface area contributed by atoms with E-state index >= 15 is 0 Å². The first-order chi connectivity index (χ1) is 11.5. The molecule has 2 aromatic carbocycles. The van der Waals surface area contributed by atoms with Crippen LogP contribution in [-0.4, -0.2) is 17.7 Å². The van der Waals surface area contributed by atoms with Gasteiger partial charge in [0.25, 0.3) is 0 Å². The second-order valence-corrected chi connectivity index (χ2v) is 6.19. The average molecular weight is 323 g/mol. The van der Waals surface area contributed by atoms with Crippen molar-refractivity contribution in [2.75, 3.05) is 4.90 Å². The Kier molecular flexibility index (Phi) is 3.03. The van der Waals surface area contributed by atoms with Crippen LogP contribution in [0.2, 0.25) is 0 Å². The molecular formula is C18H15N2O4-. The molecule has 122 valence electrons. The van der Waals surface area contributed by atoms with Gasteiger partial charge in [-0.25, -0.2) is 4.79 Å². The zero-order valence-corrected chi connectivity index (χ0v) is 13.0. The van der Waals surface area contributed by atoms with Crippen molar-refractivity contribution in [3.8, 4) is 5.75 Å². The highest BCUT2D eigenvalue weighted by Crippen LogP contribution is 2.45. The highest BCUT2D eigenvalue weighted by molar-refractivity contribution is 5.96. The Morgan fingerprint density at radius 1 is 1.29 bits per heavy atom. The Morgan fingerprint density at radius 2 is 2.08 bits per heavy atom. The molecule has 2 aromatic rings. The van der Waals surface area contributed by atoms with E-state index in [1.807, 2.05) is 31.2 Å². The van der Waals surface area contributed by atoms with E-state index in [0.717, 1.165) is 11.3 Å². The van der Waals surface area contributed by atoms with Gasteiger partial charge in [0.05, 0.1) is 17.7 Å². The van der Waals surface area contributed by atoms with E-state index < -0.39 is 11.7 Å². The second-order valence-electron chi connectivity index (χ2n) is 6.19. The van der Waals surface area contributed by atoms with Crippen molar-refractivity contribution >= 4 is 17.7 Å². The van der Waals surface area contributed by atoms with Crippen molar-refractivity contribution in [3.63, 3.8) is 0 Å². The zero-order valence-electron chi connectivity index (χ0n) is 13.0. The number of benzene rings is 2. The number of rotatable bonds is 2. The van der Waals surface area contributed by atoms with Crippen LogP contribution in [0.25, 0.3) is 0 Å². The van der Waals surface area contributed by atoms with Gasteiger partial charge in [0.2, 0.25) is 0 Å². The Morgan fingerprint density at radius 3 is 2.88 bits per heavy atom. The minimum atomic E-state index is -1.28. The molecule has 4 rings (SSSR count). The lowest BCUT2D eigenvalue weighted by atomic mass is 9.90. The molecule has 6 heteroatoms. The molecule has 6 nitrogen and oxygen atoms in total. The number of amides is 2. The van der Waals surface area contributed by atoms with E-state index in [9.17, 15) is 14.7 Å². The van der Waals surface area contributed by atoms with Gasteiger partial charge in [-0.05, 0) is 30.7 Å². The molecule has 24 heavy (non-hydrogen) atoms. The van der Waals surface area contributed by atoms with Crippen LogP contribution in [0.4, 0.5) is 10.5 Å². The van der Waals surface area contributed by atoms with Gasteiger partial charge in [-0.15, -0.1) is 0 Å². The summed E-state index contributed by atoms with van der Waals surface area (Å²) in [5, 5.41) is 14.1. The summed E-state index contributed by atoms with van der Waals surface area (Å²) in [6.07, 6.45) is 0.561. The number of anilines is 1. The van der Waals surface area contributed by atoms with Crippen molar-refractivity contribution in [3.05, 3.63) is 59.7 Å². The molecule has 2 aliphatic rings. The number of carbonyl (C=O) groups excluding carboxylic acids is 2. The summed E-state index contributed by atoms with van der Waals surface area (Å²) >= 11 is 0. The molecule has 1 saturated heterocycles. The number of hydrogen-bond acceptors (Lipinski definition) is 4. The van der Waals surface area contributed by atoms with Gasteiger partial charge in [-0.2, -0.15) is 0 Å². The standard InChI is InChI=1S/C18H16N2O4/c1-18-10-14(13-7-2-3-8-15(13)24-18)19-17(23)20(18)12-6-4-5-11(9-12)16(21)22/h2-9,14H,10H2,1H3,(H,19,23)(H,21,22)/p-1/t14-,18-/m1/s1. The van der Waals surface area contributed by atoms with Crippen LogP contribution < -0.4 is 20.1 Å². The van der Waals surface area contributed by atoms with Gasteiger partial charge in [0.1, 0.15) is 5.75 Å². The minimum Gasteiger partial charge on any atom is -0.545 e. The van der Waals surface area contributed by atoms with Crippen LogP contribution in [0.15, 0.2) is 48.5 Å². The van der Waals surface area contributed by atoms with Crippen molar-refractivity contribution in [2.45, 2.75) is 25.1 Å². The van der Waals surface area contributed by atoms with Crippen molar-refractivity contribution in [1.29, 1.82) is 0 Å². The lowest BCUT2D eigenvalue weighted by Gasteiger charge is -2.50. The van der Waals surface area contributed by atoms with E-state index in [1.165, 1.54) is 17.0 Å². The molecule has 0 aliphatic carbocycles. The molecule has 0 saturated carbocycles. The van der Waals surface area contributed by atoms with Gasteiger partial charge < -0.3 is 20.0 Å². The summed E-state index contributed by atoms with van der Waals surface area (Å²) in [5.41, 5.74) is 0.523. The molecule has 2 aliphatic heterocycles. The van der Waals surface area contributed by atoms with Gasteiger partial charge in [-0.3, -0.25) is 4.90 Å². The molecule has 0 aromatic heterocycles. The highest BCUT2D eigenvalue weighted by atomic mass is 16.5. The molecule has 2 amide bonds. The molecule has 0 radical (unpaired) electrons. The van der Waals surface area contributed by atoms with E-state index in [0.29, 0.717) is 12.1 Å². The minimum absolute atomic E-state index is 0.0160.